The van der Waals surface area contributed by atoms with Crippen LogP contribution in [0.2, 0.25) is 10.0 Å². The molecule has 1 aromatic heterocycles. The Balaban J connectivity index is 2.73. The molecule has 2 rings (SSSR count). The molecule has 0 fully saturated rings. The van der Waals surface area contributed by atoms with Crippen molar-refractivity contribution in [3.8, 4) is 11.3 Å². The smallest absolute Gasteiger partial charge is 0.185 e. The first-order chi connectivity index (χ1) is 7.61. The number of benzene rings is 1. The number of aromatic amines is 1. The van der Waals surface area contributed by atoms with Crippen LogP contribution in [0.15, 0.2) is 35.3 Å². The normalized spacial score (nSPS) is 10.4. The minimum Gasteiger partial charge on any atom is -0.361 e. The maximum atomic E-state index is 11.5. The Kier molecular flexibility index (Phi) is 3.03. The first kappa shape index (κ1) is 11.2. The maximum Gasteiger partial charge on any atom is 0.185 e. The fraction of sp³-hybridized carbons (Fsp3) is 0.0833. The summed E-state index contributed by atoms with van der Waals surface area (Å²) in [5.74, 6) is 0. The fourth-order valence-corrected chi connectivity index (χ4v) is 1.93. The number of hydrogen-bond acceptors (Lipinski definition) is 1. The molecule has 0 saturated carbocycles. The fourth-order valence-electron chi connectivity index (χ4n) is 1.53. The van der Waals surface area contributed by atoms with E-state index in [9.17, 15) is 4.79 Å². The van der Waals surface area contributed by atoms with Crippen LogP contribution >= 0.6 is 23.2 Å². The van der Waals surface area contributed by atoms with E-state index >= 15 is 0 Å². The number of aromatic nitrogens is 1. The van der Waals surface area contributed by atoms with Crippen molar-refractivity contribution in [3.63, 3.8) is 0 Å². The molecule has 0 radical (unpaired) electrons. The molecule has 0 bridgehead atoms. The van der Waals surface area contributed by atoms with E-state index in [-0.39, 0.29) is 5.43 Å². The van der Waals surface area contributed by atoms with Gasteiger partial charge < -0.3 is 4.98 Å². The molecule has 0 saturated heterocycles. The second kappa shape index (κ2) is 4.32. The summed E-state index contributed by atoms with van der Waals surface area (Å²) in [5, 5.41) is 0.928. The molecule has 1 N–H and O–H groups in total. The van der Waals surface area contributed by atoms with Crippen LogP contribution in [0.25, 0.3) is 11.3 Å². The topological polar surface area (TPSA) is 32.9 Å². The molecule has 0 aliphatic heterocycles. The zero-order valence-electron chi connectivity index (χ0n) is 8.55. The second-order valence-corrected chi connectivity index (χ2v) is 4.23. The average Bonchev–Trinajstić information content (AvgIpc) is 2.27. The number of halogens is 2. The van der Waals surface area contributed by atoms with E-state index in [0.29, 0.717) is 21.3 Å². The molecular formula is C12H9Cl2NO. The first-order valence-corrected chi connectivity index (χ1v) is 5.49. The molecule has 0 aliphatic carbocycles. The lowest BCUT2D eigenvalue weighted by Gasteiger charge is -2.08. The highest BCUT2D eigenvalue weighted by Crippen LogP contribution is 2.32. The van der Waals surface area contributed by atoms with Crippen molar-refractivity contribution in [1.29, 1.82) is 0 Å². The lowest BCUT2D eigenvalue weighted by Crippen LogP contribution is -2.06. The van der Waals surface area contributed by atoms with Crippen molar-refractivity contribution in [2.75, 3.05) is 0 Å². The molecule has 0 amide bonds. The van der Waals surface area contributed by atoms with Crippen LogP contribution in [0.4, 0.5) is 0 Å². The van der Waals surface area contributed by atoms with Crippen molar-refractivity contribution >= 4 is 23.2 Å². The largest absolute Gasteiger partial charge is 0.361 e. The molecule has 0 aliphatic rings. The standard InChI is InChI=1S/C12H9Cl2NO/c1-7-10(16)5-6-15-12(7)8-3-2-4-9(13)11(8)14/h2-6H,1H3,(H,15,16). The van der Waals surface area contributed by atoms with E-state index in [2.05, 4.69) is 4.98 Å². The van der Waals surface area contributed by atoms with Gasteiger partial charge in [-0.3, -0.25) is 4.79 Å². The number of hydrogen-bond donors (Lipinski definition) is 1. The highest BCUT2D eigenvalue weighted by Gasteiger charge is 2.10. The summed E-state index contributed by atoms with van der Waals surface area (Å²) in [6.45, 7) is 1.76. The van der Waals surface area contributed by atoms with Gasteiger partial charge in [0, 0.05) is 23.4 Å². The van der Waals surface area contributed by atoms with E-state index in [4.69, 9.17) is 23.2 Å². The predicted octanol–water partition coefficient (Wildman–Crippen LogP) is 3.66. The third kappa shape index (κ3) is 1.86. The predicted molar refractivity (Wildman–Crippen MR) is 67.3 cm³/mol. The summed E-state index contributed by atoms with van der Waals surface area (Å²) < 4.78 is 0. The lowest BCUT2D eigenvalue weighted by atomic mass is 10.1. The third-order valence-corrected chi connectivity index (χ3v) is 3.25. The summed E-state index contributed by atoms with van der Waals surface area (Å²) in [7, 11) is 0. The van der Waals surface area contributed by atoms with Gasteiger partial charge in [0.25, 0.3) is 0 Å². The van der Waals surface area contributed by atoms with Gasteiger partial charge in [-0.05, 0) is 13.0 Å². The zero-order chi connectivity index (χ0) is 11.7. The van der Waals surface area contributed by atoms with Gasteiger partial charge in [0.15, 0.2) is 5.43 Å². The Morgan fingerprint density at radius 3 is 2.69 bits per heavy atom. The Morgan fingerprint density at radius 2 is 1.94 bits per heavy atom. The molecule has 16 heavy (non-hydrogen) atoms. The van der Waals surface area contributed by atoms with Gasteiger partial charge in [0.1, 0.15) is 0 Å². The third-order valence-electron chi connectivity index (χ3n) is 2.43. The molecule has 0 spiro atoms. The lowest BCUT2D eigenvalue weighted by molar-refractivity contribution is 1.24. The van der Waals surface area contributed by atoms with Crippen molar-refractivity contribution in [1.82, 2.24) is 4.98 Å². The van der Waals surface area contributed by atoms with E-state index < -0.39 is 0 Å². The Bertz CT molecular complexity index is 590. The van der Waals surface area contributed by atoms with Gasteiger partial charge in [-0.25, -0.2) is 0 Å². The van der Waals surface area contributed by atoms with Crippen LogP contribution in [-0.2, 0) is 0 Å². The van der Waals surface area contributed by atoms with Crippen molar-refractivity contribution in [2.45, 2.75) is 6.92 Å². The van der Waals surface area contributed by atoms with Crippen LogP contribution in [0, 0.1) is 6.92 Å². The van der Waals surface area contributed by atoms with Crippen LogP contribution < -0.4 is 5.43 Å². The van der Waals surface area contributed by atoms with E-state index in [1.807, 2.05) is 6.07 Å². The second-order valence-electron chi connectivity index (χ2n) is 3.44. The number of nitrogens with one attached hydrogen (secondary N) is 1. The first-order valence-electron chi connectivity index (χ1n) is 4.74. The van der Waals surface area contributed by atoms with Crippen LogP contribution in [-0.4, -0.2) is 4.98 Å². The Hall–Kier alpha value is -1.25. The van der Waals surface area contributed by atoms with Gasteiger partial charge in [-0.1, -0.05) is 35.3 Å². The van der Waals surface area contributed by atoms with E-state index in [1.165, 1.54) is 6.07 Å². The van der Waals surface area contributed by atoms with Gasteiger partial charge in [-0.2, -0.15) is 0 Å². The SMILES string of the molecule is Cc1c(-c2cccc(Cl)c2Cl)[nH]ccc1=O. The summed E-state index contributed by atoms with van der Waals surface area (Å²) >= 11 is 12.0. The maximum absolute atomic E-state index is 11.5. The zero-order valence-corrected chi connectivity index (χ0v) is 10.1. The Morgan fingerprint density at radius 1 is 1.19 bits per heavy atom. The van der Waals surface area contributed by atoms with Crippen molar-refractivity contribution in [2.24, 2.45) is 0 Å². The molecular weight excluding hydrogens is 245 g/mol. The molecule has 2 nitrogen and oxygen atoms in total. The molecule has 1 heterocycles. The quantitative estimate of drug-likeness (QED) is 0.827. The molecule has 0 atom stereocenters. The number of pyridine rings is 1. The van der Waals surface area contributed by atoms with Crippen LogP contribution in [0.3, 0.4) is 0 Å². The molecule has 4 heteroatoms. The monoisotopic (exact) mass is 253 g/mol. The minimum absolute atomic E-state index is 0.0233. The Labute approximate surface area is 103 Å². The summed E-state index contributed by atoms with van der Waals surface area (Å²) in [4.78, 5) is 14.5. The highest BCUT2D eigenvalue weighted by atomic mass is 35.5. The molecule has 82 valence electrons. The average molecular weight is 254 g/mol. The van der Waals surface area contributed by atoms with Crippen molar-refractivity contribution < 1.29 is 0 Å². The van der Waals surface area contributed by atoms with Crippen LogP contribution in [0.1, 0.15) is 5.56 Å². The van der Waals surface area contributed by atoms with Crippen LogP contribution in [0.5, 0.6) is 0 Å². The summed E-state index contributed by atoms with van der Waals surface area (Å²) in [6, 6.07) is 6.82. The molecule has 0 unspecified atom stereocenters. The van der Waals surface area contributed by atoms with E-state index in [0.717, 1.165) is 5.56 Å². The van der Waals surface area contributed by atoms with Crippen molar-refractivity contribution in [3.05, 3.63) is 56.3 Å². The minimum atomic E-state index is -0.0233. The van der Waals surface area contributed by atoms with Gasteiger partial charge >= 0.3 is 0 Å². The summed E-state index contributed by atoms with van der Waals surface area (Å²) in [5.41, 5.74) is 2.06. The number of H-pyrrole nitrogens is 1. The molecule has 2 aromatic rings. The van der Waals surface area contributed by atoms with Gasteiger partial charge in [0.2, 0.25) is 0 Å². The van der Waals surface area contributed by atoms with Gasteiger partial charge in [0.05, 0.1) is 15.7 Å². The molecule has 1 aromatic carbocycles. The van der Waals surface area contributed by atoms with E-state index in [1.54, 1.807) is 25.3 Å². The summed E-state index contributed by atoms with van der Waals surface area (Å²) in [6.07, 6.45) is 1.60. The highest BCUT2D eigenvalue weighted by molar-refractivity contribution is 6.43. The van der Waals surface area contributed by atoms with Gasteiger partial charge in [-0.15, -0.1) is 0 Å². The number of rotatable bonds is 1.